The fourth-order valence-electron chi connectivity index (χ4n) is 2.62. The second-order valence-electron chi connectivity index (χ2n) is 5.47. The topological polar surface area (TPSA) is 38.1 Å². The summed E-state index contributed by atoms with van der Waals surface area (Å²) in [6, 6.07) is 14.2. The van der Waals surface area contributed by atoms with Crippen molar-refractivity contribution in [1.82, 2.24) is 9.97 Å². The van der Waals surface area contributed by atoms with Crippen LogP contribution in [0.2, 0.25) is 0 Å². The second-order valence-corrected chi connectivity index (χ2v) is 6.48. The van der Waals surface area contributed by atoms with Gasteiger partial charge in [-0.05, 0) is 35.4 Å². The average molecular weight is 329 g/mol. The van der Waals surface area contributed by atoms with Crippen molar-refractivity contribution in [3.63, 3.8) is 0 Å². The van der Waals surface area contributed by atoms with Crippen LogP contribution in [0.5, 0.6) is 0 Å². The van der Waals surface area contributed by atoms with E-state index in [2.05, 4.69) is 28.7 Å². The Kier molecular flexibility index (Phi) is 3.97. The van der Waals surface area contributed by atoms with Crippen molar-refractivity contribution < 1.29 is 0 Å². The zero-order valence-corrected chi connectivity index (χ0v) is 13.8. The van der Waals surface area contributed by atoms with Crippen molar-refractivity contribution >= 4 is 33.9 Å². The van der Waals surface area contributed by atoms with Gasteiger partial charge < -0.3 is 0 Å². The van der Waals surface area contributed by atoms with Crippen molar-refractivity contribution in [1.29, 1.82) is 0 Å². The third-order valence-corrected chi connectivity index (χ3v) is 4.95. The molecule has 1 aliphatic rings. The molecular formula is C20H15N3S. The number of allylic oxidation sites excluding steroid dienone is 2. The fraction of sp³-hybridized carbons (Fsp3) is 0.0500. The third-order valence-electron chi connectivity index (χ3n) is 3.90. The summed E-state index contributed by atoms with van der Waals surface area (Å²) < 4.78 is 0. The van der Waals surface area contributed by atoms with E-state index >= 15 is 0 Å². The zero-order chi connectivity index (χ0) is 16.4. The lowest BCUT2D eigenvalue weighted by atomic mass is 10.1. The Labute approximate surface area is 144 Å². The SMILES string of the molecule is C=C1/C=C\N=C(\c2ccc3ccccc3n2)CSc2cnccc21. The van der Waals surface area contributed by atoms with Crippen LogP contribution in [-0.4, -0.2) is 21.4 Å². The van der Waals surface area contributed by atoms with Gasteiger partial charge in [-0.25, -0.2) is 4.98 Å². The minimum Gasteiger partial charge on any atom is -0.264 e. The van der Waals surface area contributed by atoms with Gasteiger partial charge in [0, 0.05) is 34.6 Å². The first-order valence-electron chi connectivity index (χ1n) is 7.67. The van der Waals surface area contributed by atoms with Gasteiger partial charge in [0.25, 0.3) is 0 Å². The Morgan fingerprint density at radius 1 is 1.04 bits per heavy atom. The molecule has 0 aliphatic carbocycles. The number of benzene rings is 1. The summed E-state index contributed by atoms with van der Waals surface area (Å²) in [6.45, 7) is 4.12. The maximum atomic E-state index is 4.76. The number of fused-ring (bicyclic) bond motifs is 2. The highest BCUT2D eigenvalue weighted by atomic mass is 32.2. The Hall–Kier alpha value is -2.72. The number of aromatic nitrogens is 2. The van der Waals surface area contributed by atoms with Gasteiger partial charge in [0.2, 0.25) is 0 Å². The maximum absolute atomic E-state index is 4.76. The van der Waals surface area contributed by atoms with Gasteiger partial charge in [-0.3, -0.25) is 9.98 Å². The lowest BCUT2D eigenvalue weighted by molar-refractivity contribution is 1.22. The highest BCUT2D eigenvalue weighted by Gasteiger charge is 2.12. The second kappa shape index (κ2) is 6.42. The third kappa shape index (κ3) is 2.88. The summed E-state index contributed by atoms with van der Waals surface area (Å²) in [5.41, 5.74) is 4.89. The van der Waals surface area contributed by atoms with Gasteiger partial charge >= 0.3 is 0 Å². The summed E-state index contributed by atoms with van der Waals surface area (Å²) >= 11 is 1.71. The van der Waals surface area contributed by atoms with Crippen LogP contribution in [0.25, 0.3) is 16.5 Å². The van der Waals surface area contributed by atoms with E-state index in [0.717, 1.165) is 44.1 Å². The van der Waals surface area contributed by atoms with E-state index in [9.17, 15) is 0 Å². The smallest absolute Gasteiger partial charge is 0.0860 e. The Balaban J connectivity index is 1.74. The van der Waals surface area contributed by atoms with Crippen molar-refractivity contribution in [2.75, 3.05) is 5.75 Å². The lowest BCUT2D eigenvalue weighted by Crippen LogP contribution is -2.07. The largest absolute Gasteiger partial charge is 0.264 e. The molecule has 0 saturated heterocycles. The van der Waals surface area contributed by atoms with E-state index in [1.54, 1.807) is 18.0 Å². The van der Waals surface area contributed by atoms with E-state index in [0.29, 0.717) is 0 Å². The number of hydrogen-bond donors (Lipinski definition) is 0. The predicted octanol–water partition coefficient (Wildman–Crippen LogP) is 4.75. The van der Waals surface area contributed by atoms with Gasteiger partial charge in [0.05, 0.1) is 16.9 Å². The molecule has 0 radical (unpaired) electrons. The number of thioether (sulfide) groups is 1. The van der Waals surface area contributed by atoms with Crippen molar-refractivity contribution in [3.05, 3.63) is 85.0 Å². The van der Waals surface area contributed by atoms with E-state index in [1.807, 2.05) is 48.8 Å². The number of rotatable bonds is 1. The van der Waals surface area contributed by atoms with Crippen LogP contribution < -0.4 is 0 Å². The molecule has 116 valence electrons. The summed E-state index contributed by atoms with van der Waals surface area (Å²) in [7, 11) is 0. The molecule has 0 N–H and O–H groups in total. The van der Waals surface area contributed by atoms with Gasteiger partial charge in [-0.1, -0.05) is 30.8 Å². The highest BCUT2D eigenvalue weighted by molar-refractivity contribution is 8.00. The molecule has 0 unspecified atom stereocenters. The molecule has 1 aromatic carbocycles. The molecule has 0 saturated carbocycles. The fourth-order valence-corrected chi connectivity index (χ4v) is 3.62. The highest BCUT2D eigenvalue weighted by Crippen LogP contribution is 2.29. The van der Waals surface area contributed by atoms with Gasteiger partial charge in [0.15, 0.2) is 0 Å². The van der Waals surface area contributed by atoms with Crippen LogP contribution in [-0.2, 0) is 0 Å². The molecule has 0 fully saturated rings. The van der Waals surface area contributed by atoms with Gasteiger partial charge in [-0.15, -0.1) is 11.8 Å². The average Bonchev–Trinajstić information content (AvgIpc) is 2.71. The first kappa shape index (κ1) is 14.8. The molecule has 0 atom stereocenters. The van der Waals surface area contributed by atoms with Gasteiger partial charge in [-0.2, -0.15) is 0 Å². The number of para-hydroxylation sites is 1. The normalized spacial score (nSPS) is 18.0. The molecule has 3 heterocycles. The molecule has 0 spiro atoms. The van der Waals surface area contributed by atoms with E-state index in [1.165, 1.54) is 0 Å². The summed E-state index contributed by atoms with van der Waals surface area (Å²) in [6.07, 6.45) is 7.43. The minimum atomic E-state index is 0.738. The molecule has 24 heavy (non-hydrogen) atoms. The molecule has 0 bridgehead atoms. The Morgan fingerprint density at radius 2 is 1.96 bits per heavy atom. The zero-order valence-electron chi connectivity index (χ0n) is 13.0. The molecule has 3 aromatic rings. The molecular weight excluding hydrogens is 314 g/mol. The molecule has 1 aliphatic heterocycles. The van der Waals surface area contributed by atoms with Crippen LogP contribution >= 0.6 is 11.8 Å². The minimum absolute atomic E-state index is 0.738. The number of hydrogen-bond acceptors (Lipinski definition) is 4. The first-order chi connectivity index (χ1) is 11.8. The standard InChI is InChI=1S/C20H15N3S/c1-14-8-11-22-19(13-24-20-12-21-10-9-16(14)20)18-7-6-15-4-2-3-5-17(15)23-18/h2-12H,1,13H2/b11-8-,22-19+. The van der Waals surface area contributed by atoms with Crippen molar-refractivity contribution in [2.24, 2.45) is 4.99 Å². The maximum Gasteiger partial charge on any atom is 0.0860 e. The van der Waals surface area contributed by atoms with Crippen LogP contribution in [0, 0.1) is 0 Å². The monoisotopic (exact) mass is 329 g/mol. The van der Waals surface area contributed by atoms with Crippen LogP contribution in [0.1, 0.15) is 11.3 Å². The lowest BCUT2D eigenvalue weighted by Gasteiger charge is -2.08. The van der Waals surface area contributed by atoms with Crippen LogP contribution in [0.15, 0.2) is 83.6 Å². The summed E-state index contributed by atoms with van der Waals surface area (Å²) in [4.78, 5) is 14.7. The van der Waals surface area contributed by atoms with Crippen LogP contribution in [0.4, 0.5) is 0 Å². The first-order valence-corrected chi connectivity index (χ1v) is 8.65. The molecule has 4 rings (SSSR count). The Morgan fingerprint density at radius 3 is 2.92 bits per heavy atom. The summed E-state index contributed by atoms with van der Waals surface area (Å²) in [5.74, 6) is 0.738. The number of nitrogens with zero attached hydrogens (tertiary/aromatic N) is 3. The van der Waals surface area contributed by atoms with Crippen LogP contribution in [0.3, 0.4) is 0 Å². The number of aliphatic imine (C=N–C) groups is 1. The summed E-state index contributed by atoms with van der Waals surface area (Å²) in [5, 5.41) is 1.14. The number of pyridine rings is 2. The van der Waals surface area contributed by atoms with E-state index in [-0.39, 0.29) is 0 Å². The quantitative estimate of drug-likeness (QED) is 0.646. The van der Waals surface area contributed by atoms with Crippen molar-refractivity contribution in [3.8, 4) is 0 Å². The molecule has 0 amide bonds. The Bertz CT molecular complexity index is 989. The molecule has 4 heteroatoms. The van der Waals surface area contributed by atoms with E-state index in [4.69, 9.17) is 4.98 Å². The molecule has 2 aromatic heterocycles. The molecule has 3 nitrogen and oxygen atoms in total. The van der Waals surface area contributed by atoms with E-state index < -0.39 is 0 Å². The van der Waals surface area contributed by atoms with Crippen molar-refractivity contribution in [2.45, 2.75) is 4.90 Å². The predicted molar refractivity (Wildman–Crippen MR) is 101 cm³/mol. The van der Waals surface area contributed by atoms with Gasteiger partial charge in [0.1, 0.15) is 0 Å².